The maximum absolute atomic E-state index is 12.9. The molecular formula is C22H28N2O5S. The van der Waals surface area contributed by atoms with Crippen molar-refractivity contribution < 1.29 is 23.8 Å². The van der Waals surface area contributed by atoms with Crippen LogP contribution in [0.5, 0.6) is 17.2 Å². The van der Waals surface area contributed by atoms with E-state index in [0.717, 1.165) is 12.0 Å². The van der Waals surface area contributed by atoms with Crippen molar-refractivity contribution in [2.75, 3.05) is 41.0 Å². The number of ether oxygens (including phenoxy) is 3. The number of carbonyl (C=O) groups is 2. The first-order chi connectivity index (χ1) is 14.5. The second-order valence-electron chi connectivity index (χ2n) is 7.15. The SMILES string of the molecule is CCCNC(=O)[C@@H]1CN(C(=O)c2cccs2)C[C@H]1c1cc(OC)c(OC)c(OC)c1. The highest BCUT2D eigenvalue weighted by Gasteiger charge is 2.41. The first-order valence-corrected chi connectivity index (χ1v) is 10.8. The van der Waals surface area contributed by atoms with Crippen LogP contribution in [0.4, 0.5) is 0 Å². The summed E-state index contributed by atoms with van der Waals surface area (Å²) in [7, 11) is 4.68. The maximum Gasteiger partial charge on any atom is 0.263 e. The molecule has 1 fully saturated rings. The monoisotopic (exact) mass is 432 g/mol. The molecule has 0 spiro atoms. The van der Waals surface area contributed by atoms with Gasteiger partial charge in [0.1, 0.15) is 0 Å². The minimum atomic E-state index is -0.358. The Morgan fingerprint density at radius 3 is 2.37 bits per heavy atom. The Morgan fingerprint density at radius 1 is 1.13 bits per heavy atom. The number of hydrogen-bond donors (Lipinski definition) is 1. The standard InChI is InChI=1S/C22H28N2O5S/c1-5-8-23-21(25)16-13-24(22(26)19-7-6-9-30-19)12-15(16)14-10-17(27-2)20(29-4)18(11-14)28-3/h6-7,9-11,15-16H,5,8,12-13H2,1-4H3,(H,23,25)/t15-,16+/m0/s1. The van der Waals surface area contributed by atoms with Crippen molar-refractivity contribution in [2.24, 2.45) is 5.92 Å². The Kier molecular flexibility index (Phi) is 7.20. The molecule has 162 valence electrons. The van der Waals surface area contributed by atoms with Gasteiger partial charge in [0.2, 0.25) is 11.7 Å². The fourth-order valence-corrected chi connectivity index (χ4v) is 4.51. The highest BCUT2D eigenvalue weighted by Crippen LogP contribution is 2.43. The van der Waals surface area contributed by atoms with Crippen molar-refractivity contribution in [2.45, 2.75) is 19.3 Å². The number of benzene rings is 1. The van der Waals surface area contributed by atoms with Gasteiger partial charge >= 0.3 is 0 Å². The molecular weight excluding hydrogens is 404 g/mol. The molecule has 2 aromatic rings. The number of methoxy groups -OCH3 is 3. The number of thiophene rings is 1. The number of nitrogens with zero attached hydrogens (tertiary/aromatic N) is 1. The smallest absolute Gasteiger partial charge is 0.263 e. The Labute approximate surface area is 180 Å². The van der Waals surface area contributed by atoms with Crippen LogP contribution >= 0.6 is 11.3 Å². The van der Waals surface area contributed by atoms with Crippen molar-refractivity contribution in [1.82, 2.24) is 10.2 Å². The van der Waals surface area contributed by atoms with E-state index in [1.54, 1.807) is 26.2 Å². The quantitative estimate of drug-likeness (QED) is 0.693. The predicted octanol–water partition coefficient (Wildman–Crippen LogP) is 3.16. The van der Waals surface area contributed by atoms with E-state index in [-0.39, 0.29) is 23.7 Å². The number of hydrogen-bond acceptors (Lipinski definition) is 6. The van der Waals surface area contributed by atoms with E-state index in [1.165, 1.54) is 11.3 Å². The number of amides is 2. The van der Waals surface area contributed by atoms with Crippen LogP contribution in [0.1, 0.15) is 34.5 Å². The van der Waals surface area contributed by atoms with Crippen LogP contribution in [0.2, 0.25) is 0 Å². The highest BCUT2D eigenvalue weighted by molar-refractivity contribution is 7.12. The summed E-state index contributed by atoms with van der Waals surface area (Å²) in [4.78, 5) is 28.3. The third kappa shape index (κ3) is 4.38. The summed E-state index contributed by atoms with van der Waals surface area (Å²) in [6, 6.07) is 7.40. The van der Waals surface area contributed by atoms with Gasteiger partial charge in [-0.15, -0.1) is 11.3 Å². The number of nitrogens with one attached hydrogen (secondary N) is 1. The topological polar surface area (TPSA) is 77.1 Å². The van der Waals surface area contributed by atoms with E-state index in [9.17, 15) is 9.59 Å². The molecule has 2 heterocycles. The third-order valence-corrected chi connectivity index (χ3v) is 6.20. The van der Waals surface area contributed by atoms with Crippen LogP contribution in [-0.4, -0.2) is 57.7 Å². The van der Waals surface area contributed by atoms with Crippen molar-refractivity contribution in [3.8, 4) is 17.2 Å². The van der Waals surface area contributed by atoms with Crippen LogP contribution in [0.25, 0.3) is 0 Å². The van der Waals surface area contributed by atoms with E-state index >= 15 is 0 Å². The zero-order valence-electron chi connectivity index (χ0n) is 17.8. The molecule has 2 amide bonds. The zero-order valence-corrected chi connectivity index (χ0v) is 18.6. The minimum absolute atomic E-state index is 0.0444. The molecule has 1 aliphatic heterocycles. The first kappa shape index (κ1) is 22.0. The van der Waals surface area contributed by atoms with Gasteiger partial charge < -0.3 is 24.4 Å². The van der Waals surface area contributed by atoms with Gasteiger partial charge in [-0.05, 0) is 35.6 Å². The Morgan fingerprint density at radius 2 is 1.83 bits per heavy atom. The van der Waals surface area contributed by atoms with Crippen molar-refractivity contribution in [3.63, 3.8) is 0 Å². The molecule has 30 heavy (non-hydrogen) atoms. The molecule has 0 aliphatic carbocycles. The van der Waals surface area contributed by atoms with E-state index < -0.39 is 0 Å². The first-order valence-electron chi connectivity index (χ1n) is 9.94. The molecule has 1 N–H and O–H groups in total. The third-order valence-electron chi connectivity index (χ3n) is 5.34. The molecule has 2 atom stereocenters. The summed E-state index contributed by atoms with van der Waals surface area (Å²) in [6.45, 7) is 3.43. The molecule has 0 unspecified atom stereocenters. The van der Waals surface area contributed by atoms with Crippen molar-refractivity contribution >= 4 is 23.2 Å². The molecule has 1 aromatic carbocycles. The lowest BCUT2D eigenvalue weighted by Gasteiger charge is -2.21. The molecule has 1 aliphatic rings. The highest BCUT2D eigenvalue weighted by atomic mass is 32.1. The maximum atomic E-state index is 12.9. The lowest BCUT2D eigenvalue weighted by molar-refractivity contribution is -0.124. The second kappa shape index (κ2) is 9.84. The normalized spacial score (nSPS) is 18.2. The van der Waals surface area contributed by atoms with Crippen molar-refractivity contribution in [3.05, 3.63) is 40.1 Å². The van der Waals surface area contributed by atoms with Gasteiger partial charge in [0.15, 0.2) is 11.5 Å². The summed E-state index contributed by atoms with van der Waals surface area (Å²) in [5.41, 5.74) is 0.877. The Balaban J connectivity index is 1.96. The lowest BCUT2D eigenvalue weighted by Crippen LogP contribution is -2.35. The van der Waals surface area contributed by atoms with Gasteiger partial charge in [-0.25, -0.2) is 0 Å². The van der Waals surface area contributed by atoms with Gasteiger partial charge in [-0.3, -0.25) is 9.59 Å². The Hall–Kier alpha value is -2.74. The molecule has 0 bridgehead atoms. The fraction of sp³-hybridized carbons (Fsp3) is 0.455. The number of carbonyl (C=O) groups excluding carboxylic acids is 2. The van der Waals surface area contributed by atoms with Crippen LogP contribution in [-0.2, 0) is 4.79 Å². The molecule has 7 nitrogen and oxygen atoms in total. The molecule has 1 saturated heterocycles. The molecule has 1 aromatic heterocycles. The Bertz CT molecular complexity index is 859. The number of likely N-dealkylation sites (tertiary alicyclic amines) is 1. The van der Waals surface area contributed by atoms with Gasteiger partial charge in [0, 0.05) is 25.6 Å². The summed E-state index contributed by atoms with van der Waals surface area (Å²) in [5.74, 6) is 0.929. The molecule has 0 radical (unpaired) electrons. The largest absolute Gasteiger partial charge is 0.493 e. The van der Waals surface area contributed by atoms with Crippen LogP contribution in [0, 0.1) is 5.92 Å². The summed E-state index contributed by atoms with van der Waals surface area (Å²) in [6.07, 6.45) is 0.852. The average molecular weight is 433 g/mol. The van der Waals surface area contributed by atoms with Crippen LogP contribution in [0.3, 0.4) is 0 Å². The van der Waals surface area contributed by atoms with Gasteiger partial charge in [-0.2, -0.15) is 0 Å². The van der Waals surface area contributed by atoms with Crippen LogP contribution in [0.15, 0.2) is 29.6 Å². The van der Waals surface area contributed by atoms with Gasteiger partial charge in [0.25, 0.3) is 5.91 Å². The molecule has 3 rings (SSSR count). The van der Waals surface area contributed by atoms with E-state index in [2.05, 4.69) is 5.32 Å². The van der Waals surface area contributed by atoms with E-state index in [1.807, 2.05) is 36.6 Å². The van der Waals surface area contributed by atoms with E-state index in [0.29, 0.717) is 41.8 Å². The zero-order chi connectivity index (χ0) is 21.7. The van der Waals surface area contributed by atoms with Crippen LogP contribution < -0.4 is 19.5 Å². The lowest BCUT2D eigenvalue weighted by atomic mass is 9.88. The predicted molar refractivity (Wildman–Crippen MR) is 116 cm³/mol. The summed E-state index contributed by atoms with van der Waals surface area (Å²) in [5, 5.41) is 4.87. The van der Waals surface area contributed by atoms with Gasteiger partial charge in [0.05, 0.1) is 32.1 Å². The fourth-order valence-electron chi connectivity index (χ4n) is 3.82. The minimum Gasteiger partial charge on any atom is -0.493 e. The summed E-state index contributed by atoms with van der Waals surface area (Å²) >= 11 is 1.41. The van der Waals surface area contributed by atoms with E-state index in [4.69, 9.17) is 14.2 Å². The van der Waals surface area contributed by atoms with Gasteiger partial charge in [-0.1, -0.05) is 13.0 Å². The molecule has 8 heteroatoms. The van der Waals surface area contributed by atoms with Crippen molar-refractivity contribution in [1.29, 1.82) is 0 Å². The second-order valence-corrected chi connectivity index (χ2v) is 8.10. The summed E-state index contributed by atoms with van der Waals surface area (Å²) < 4.78 is 16.4. The average Bonchev–Trinajstić information content (AvgIpc) is 3.46. The molecule has 0 saturated carbocycles. The number of rotatable bonds is 8.